The third-order valence-electron chi connectivity index (χ3n) is 3.83. The van der Waals surface area contributed by atoms with Gasteiger partial charge in [0, 0.05) is 10.8 Å². The van der Waals surface area contributed by atoms with Gasteiger partial charge in [0.2, 0.25) is 0 Å². The number of aliphatic carboxylic acids is 1. The molecule has 1 aliphatic rings. The van der Waals surface area contributed by atoms with Crippen molar-refractivity contribution in [1.29, 1.82) is 0 Å². The van der Waals surface area contributed by atoms with Crippen molar-refractivity contribution < 1.29 is 9.90 Å². The molecule has 0 aromatic carbocycles. The summed E-state index contributed by atoms with van der Waals surface area (Å²) in [5.41, 5.74) is 0. The first kappa shape index (κ1) is 12.9. The zero-order valence-electron chi connectivity index (χ0n) is 9.86. The highest BCUT2D eigenvalue weighted by Gasteiger charge is 2.36. The summed E-state index contributed by atoms with van der Waals surface area (Å²) in [6.07, 6.45) is 3.92. The molecular formula is C13H17ClO2S. The van der Waals surface area contributed by atoms with Gasteiger partial charge in [0.25, 0.3) is 0 Å². The molecule has 94 valence electrons. The molecule has 1 N–H and O–H groups in total. The molecule has 4 heteroatoms. The molecule has 3 atom stereocenters. The van der Waals surface area contributed by atoms with Crippen LogP contribution < -0.4 is 0 Å². The molecule has 17 heavy (non-hydrogen) atoms. The number of hydrogen-bond donors (Lipinski definition) is 1. The second-order valence-corrected chi connectivity index (χ2v) is 6.13. The van der Waals surface area contributed by atoms with E-state index in [9.17, 15) is 9.90 Å². The van der Waals surface area contributed by atoms with E-state index >= 15 is 0 Å². The lowest BCUT2D eigenvalue weighted by molar-refractivity contribution is -0.143. The Balaban J connectivity index is 2.25. The topological polar surface area (TPSA) is 37.3 Å². The maximum absolute atomic E-state index is 11.3. The van der Waals surface area contributed by atoms with Crippen molar-refractivity contribution in [3.8, 4) is 0 Å². The quantitative estimate of drug-likeness (QED) is 0.886. The van der Waals surface area contributed by atoms with E-state index in [0.29, 0.717) is 5.92 Å². The van der Waals surface area contributed by atoms with Gasteiger partial charge in [0.05, 0.1) is 10.9 Å². The van der Waals surface area contributed by atoms with E-state index in [4.69, 9.17) is 11.6 Å². The molecule has 1 saturated carbocycles. The normalized spacial score (nSPS) is 29.2. The number of carboxylic acid groups (broad SMARTS) is 1. The molecule has 0 amide bonds. The van der Waals surface area contributed by atoms with Crippen molar-refractivity contribution in [3.63, 3.8) is 0 Å². The predicted molar refractivity (Wildman–Crippen MR) is 70.8 cm³/mol. The van der Waals surface area contributed by atoms with Crippen LogP contribution in [0.5, 0.6) is 0 Å². The van der Waals surface area contributed by atoms with Gasteiger partial charge in [-0.25, -0.2) is 0 Å². The lowest BCUT2D eigenvalue weighted by Crippen LogP contribution is -2.28. The summed E-state index contributed by atoms with van der Waals surface area (Å²) in [6.45, 7) is 2.18. The van der Waals surface area contributed by atoms with Gasteiger partial charge in [-0.2, -0.15) is 0 Å². The molecule has 2 nitrogen and oxygen atoms in total. The fourth-order valence-electron chi connectivity index (χ4n) is 2.78. The monoisotopic (exact) mass is 272 g/mol. The van der Waals surface area contributed by atoms with Gasteiger partial charge in [-0.05, 0) is 36.6 Å². The third kappa shape index (κ3) is 2.66. The van der Waals surface area contributed by atoms with Gasteiger partial charge in [-0.15, -0.1) is 11.3 Å². The Morgan fingerprint density at radius 2 is 2.35 bits per heavy atom. The molecule has 1 aromatic heterocycles. The molecule has 1 aromatic rings. The first-order valence-electron chi connectivity index (χ1n) is 6.09. The van der Waals surface area contributed by atoms with E-state index in [2.05, 4.69) is 6.92 Å². The summed E-state index contributed by atoms with van der Waals surface area (Å²) < 4.78 is 0. The molecule has 0 spiro atoms. The predicted octanol–water partition coefficient (Wildman–Crippen LogP) is 4.40. The molecule has 0 radical (unpaired) electrons. The molecule has 3 unspecified atom stereocenters. The third-order valence-corrected chi connectivity index (χ3v) is 5.33. The second kappa shape index (κ2) is 5.40. The van der Waals surface area contributed by atoms with E-state index in [1.54, 1.807) is 11.3 Å². The highest BCUT2D eigenvalue weighted by Crippen LogP contribution is 2.45. The summed E-state index contributed by atoms with van der Waals surface area (Å²) in [4.78, 5) is 12.4. The fourth-order valence-corrected chi connectivity index (χ4v) is 4.16. The first-order valence-corrected chi connectivity index (χ1v) is 7.35. The van der Waals surface area contributed by atoms with Gasteiger partial charge in [0.1, 0.15) is 0 Å². The van der Waals surface area contributed by atoms with Crippen molar-refractivity contribution >= 4 is 28.9 Å². The number of carbonyl (C=O) groups is 1. The van der Waals surface area contributed by atoms with Gasteiger partial charge in [-0.1, -0.05) is 24.9 Å². The van der Waals surface area contributed by atoms with Crippen molar-refractivity contribution in [2.45, 2.75) is 38.5 Å². The molecule has 0 saturated heterocycles. The Morgan fingerprint density at radius 3 is 2.88 bits per heavy atom. The van der Waals surface area contributed by atoms with Crippen LogP contribution in [0, 0.1) is 11.8 Å². The average Bonchev–Trinajstić information content (AvgIpc) is 2.74. The summed E-state index contributed by atoms with van der Waals surface area (Å²) in [5.74, 6) is -0.171. The van der Waals surface area contributed by atoms with E-state index in [0.717, 1.165) is 35.6 Å². The fraction of sp³-hybridized carbons (Fsp3) is 0.615. The lowest BCUT2D eigenvalue weighted by Gasteiger charge is -2.33. The van der Waals surface area contributed by atoms with Crippen molar-refractivity contribution in [2.24, 2.45) is 11.8 Å². The summed E-state index contributed by atoms with van der Waals surface area (Å²) >= 11 is 7.75. The Kier molecular flexibility index (Phi) is 4.10. The Morgan fingerprint density at radius 1 is 1.59 bits per heavy atom. The first-order chi connectivity index (χ1) is 8.13. The highest BCUT2D eigenvalue weighted by molar-refractivity contribution is 7.10. The van der Waals surface area contributed by atoms with Crippen LogP contribution in [0.3, 0.4) is 0 Å². The van der Waals surface area contributed by atoms with E-state index in [-0.39, 0.29) is 11.8 Å². The minimum Gasteiger partial charge on any atom is -0.481 e. The largest absolute Gasteiger partial charge is 0.481 e. The van der Waals surface area contributed by atoms with Crippen molar-refractivity contribution in [1.82, 2.24) is 0 Å². The highest BCUT2D eigenvalue weighted by atomic mass is 35.5. The molecule has 0 bridgehead atoms. The van der Waals surface area contributed by atoms with E-state index in [1.807, 2.05) is 11.4 Å². The Hall–Kier alpha value is -0.540. The Bertz CT molecular complexity index is 402. The average molecular weight is 273 g/mol. The van der Waals surface area contributed by atoms with Crippen LogP contribution in [0.2, 0.25) is 5.02 Å². The maximum atomic E-state index is 11.3. The molecular weight excluding hydrogens is 256 g/mol. The van der Waals surface area contributed by atoms with Crippen molar-refractivity contribution in [3.05, 3.63) is 21.3 Å². The van der Waals surface area contributed by atoms with Crippen LogP contribution in [0.15, 0.2) is 11.4 Å². The van der Waals surface area contributed by atoms with Crippen molar-refractivity contribution in [2.75, 3.05) is 0 Å². The van der Waals surface area contributed by atoms with Crippen LogP contribution in [-0.2, 0) is 4.79 Å². The van der Waals surface area contributed by atoms with Gasteiger partial charge in [0.15, 0.2) is 0 Å². The van der Waals surface area contributed by atoms with Gasteiger partial charge >= 0.3 is 5.97 Å². The minimum absolute atomic E-state index is 0.110. The molecule has 1 aliphatic carbocycles. The summed E-state index contributed by atoms with van der Waals surface area (Å²) in [6, 6.07) is 1.87. The zero-order chi connectivity index (χ0) is 12.4. The van der Waals surface area contributed by atoms with Crippen LogP contribution in [0.1, 0.15) is 43.4 Å². The molecule has 0 aliphatic heterocycles. The number of halogens is 1. The molecule has 1 fully saturated rings. The Labute approximate surface area is 111 Å². The summed E-state index contributed by atoms with van der Waals surface area (Å²) in [7, 11) is 0. The molecule has 2 rings (SSSR count). The van der Waals surface area contributed by atoms with Crippen LogP contribution in [0.25, 0.3) is 0 Å². The number of rotatable bonds is 3. The van der Waals surface area contributed by atoms with Crippen LogP contribution in [-0.4, -0.2) is 11.1 Å². The van der Waals surface area contributed by atoms with Crippen LogP contribution in [0.4, 0.5) is 0 Å². The standard InChI is InChI=1S/C13H17ClO2S/c1-2-8-3-4-9(13(15)16)10(7-8)12-11(14)5-6-17-12/h5-6,8-10H,2-4,7H2,1H3,(H,15,16). The number of thiophene rings is 1. The van der Waals surface area contributed by atoms with E-state index in [1.165, 1.54) is 0 Å². The number of hydrogen-bond acceptors (Lipinski definition) is 2. The smallest absolute Gasteiger partial charge is 0.307 e. The SMILES string of the molecule is CCC1CCC(C(=O)O)C(c2sccc2Cl)C1. The lowest BCUT2D eigenvalue weighted by atomic mass is 9.72. The molecule has 1 heterocycles. The second-order valence-electron chi connectivity index (χ2n) is 4.77. The van der Waals surface area contributed by atoms with E-state index < -0.39 is 5.97 Å². The number of carboxylic acids is 1. The maximum Gasteiger partial charge on any atom is 0.307 e. The summed E-state index contributed by atoms with van der Waals surface area (Å²) in [5, 5.41) is 12.0. The van der Waals surface area contributed by atoms with Gasteiger partial charge in [-0.3, -0.25) is 4.79 Å². The van der Waals surface area contributed by atoms with Crippen LogP contribution >= 0.6 is 22.9 Å². The minimum atomic E-state index is -0.672. The van der Waals surface area contributed by atoms with Gasteiger partial charge < -0.3 is 5.11 Å². The zero-order valence-corrected chi connectivity index (χ0v) is 11.4.